The van der Waals surface area contributed by atoms with Crippen LogP contribution in [0.15, 0.2) is 47.4 Å². The Bertz CT molecular complexity index is 1000. The molecule has 0 unspecified atom stereocenters. The van der Waals surface area contributed by atoms with Crippen LogP contribution in [0.5, 0.6) is 0 Å². The van der Waals surface area contributed by atoms with Crippen LogP contribution < -0.4 is 10.2 Å². The van der Waals surface area contributed by atoms with Gasteiger partial charge in [0.2, 0.25) is 15.9 Å². The Balaban J connectivity index is 1.79. The minimum absolute atomic E-state index is 0.158. The topological polar surface area (TPSA) is 69.7 Å². The lowest BCUT2D eigenvalue weighted by Gasteiger charge is -2.24. The maximum absolute atomic E-state index is 12.8. The molecule has 1 atom stereocenters. The van der Waals surface area contributed by atoms with Gasteiger partial charge in [0, 0.05) is 30.5 Å². The first-order valence-corrected chi connectivity index (χ1v) is 11.5. The summed E-state index contributed by atoms with van der Waals surface area (Å²) in [6.07, 6.45) is 0.917. The predicted octanol–water partition coefficient (Wildman–Crippen LogP) is 3.42. The Morgan fingerprint density at radius 2 is 1.86 bits per heavy atom. The Hall–Kier alpha value is -2.38. The van der Waals surface area contributed by atoms with E-state index in [-0.39, 0.29) is 23.4 Å². The van der Waals surface area contributed by atoms with Crippen molar-refractivity contribution in [2.24, 2.45) is 0 Å². The molecule has 2 aromatic rings. The van der Waals surface area contributed by atoms with Crippen molar-refractivity contribution in [1.82, 2.24) is 4.31 Å². The average Bonchev–Trinajstić information content (AvgIpc) is 2.99. The van der Waals surface area contributed by atoms with Gasteiger partial charge in [0.05, 0.1) is 11.4 Å². The number of benzene rings is 2. The van der Waals surface area contributed by atoms with Crippen molar-refractivity contribution in [3.63, 3.8) is 0 Å². The second-order valence-corrected chi connectivity index (χ2v) is 9.36. The highest BCUT2D eigenvalue weighted by atomic mass is 32.2. The zero-order valence-electron chi connectivity index (χ0n) is 17.5. The molecule has 7 heteroatoms. The highest BCUT2D eigenvalue weighted by Gasteiger charge is 2.27. The van der Waals surface area contributed by atoms with Crippen LogP contribution in [-0.2, 0) is 21.2 Å². The van der Waals surface area contributed by atoms with Gasteiger partial charge in [0.15, 0.2) is 0 Å². The quantitative estimate of drug-likeness (QED) is 0.752. The smallest absolute Gasteiger partial charge is 0.243 e. The van der Waals surface area contributed by atoms with Gasteiger partial charge in [-0.15, -0.1) is 0 Å². The molecule has 3 rings (SSSR count). The van der Waals surface area contributed by atoms with E-state index in [1.54, 1.807) is 18.2 Å². The number of rotatable bonds is 7. The number of nitrogens with zero attached hydrogens (tertiary/aromatic N) is 2. The van der Waals surface area contributed by atoms with Crippen LogP contribution in [0.2, 0.25) is 0 Å². The van der Waals surface area contributed by atoms with Gasteiger partial charge in [-0.25, -0.2) is 8.42 Å². The highest BCUT2D eigenvalue weighted by Crippen LogP contribution is 2.31. The van der Waals surface area contributed by atoms with Gasteiger partial charge in [-0.1, -0.05) is 38.1 Å². The van der Waals surface area contributed by atoms with E-state index in [2.05, 4.69) is 23.2 Å². The lowest BCUT2D eigenvalue weighted by atomic mass is 10.1. The normalized spacial score (nSPS) is 16.2. The van der Waals surface area contributed by atoms with Crippen molar-refractivity contribution < 1.29 is 13.2 Å². The van der Waals surface area contributed by atoms with Crippen LogP contribution in [0, 0.1) is 6.92 Å². The second kappa shape index (κ2) is 8.55. The van der Waals surface area contributed by atoms with E-state index in [0.717, 1.165) is 17.7 Å². The van der Waals surface area contributed by atoms with Crippen LogP contribution in [0.1, 0.15) is 31.9 Å². The Morgan fingerprint density at radius 1 is 1.17 bits per heavy atom. The molecule has 1 aliphatic rings. The molecule has 1 heterocycles. The summed E-state index contributed by atoms with van der Waals surface area (Å²) in [5.41, 5.74) is 3.69. The zero-order valence-corrected chi connectivity index (χ0v) is 18.3. The van der Waals surface area contributed by atoms with Gasteiger partial charge in [-0.05, 0) is 49.6 Å². The molecule has 1 N–H and O–H groups in total. The van der Waals surface area contributed by atoms with E-state index in [0.29, 0.717) is 18.8 Å². The van der Waals surface area contributed by atoms with Crippen LogP contribution in [-0.4, -0.2) is 44.3 Å². The zero-order chi connectivity index (χ0) is 21.2. The number of fused-ring (bicyclic) bond motifs is 1. The largest absolute Gasteiger partial charge is 0.359 e. The molecule has 0 bridgehead atoms. The number of anilines is 2. The van der Waals surface area contributed by atoms with E-state index in [1.807, 2.05) is 39.0 Å². The first kappa shape index (κ1) is 21.3. The third kappa shape index (κ3) is 4.31. The lowest BCUT2D eigenvalue weighted by molar-refractivity contribution is -0.115. The van der Waals surface area contributed by atoms with Crippen LogP contribution in [0.4, 0.5) is 11.4 Å². The molecule has 2 aromatic carbocycles. The maximum Gasteiger partial charge on any atom is 0.243 e. The summed E-state index contributed by atoms with van der Waals surface area (Å²) in [6.45, 7) is 8.62. The molecule has 156 valence electrons. The summed E-state index contributed by atoms with van der Waals surface area (Å²) in [5.74, 6) is -0.158. The number of carbonyl (C=O) groups is 1. The molecular formula is C22H29N3O3S. The van der Waals surface area contributed by atoms with Gasteiger partial charge in [0.25, 0.3) is 0 Å². The third-order valence-corrected chi connectivity index (χ3v) is 7.53. The fourth-order valence-corrected chi connectivity index (χ4v) is 5.31. The molecule has 0 aliphatic carbocycles. The molecule has 0 saturated heterocycles. The van der Waals surface area contributed by atoms with E-state index < -0.39 is 10.0 Å². The Kier molecular flexibility index (Phi) is 6.29. The van der Waals surface area contributed by atoms with Crippen LogP contribution >= 0.6 is 0 Å². The number of sulfonamides is 1. The Labute approximate surface area is 173 Å². The van der Waals surface area contributed by atoms with Gasteiger partial charge in [-0.2, -0.15) is 4.31 Å². The number of hydrogen-bond acceptors (Lipinski definition) is 4. The molecular weight excluding hydrogens is 386 g/mol. The van der Waals surface area contributed by atoms with Gasteiger partial charge in [-0.3, -0.25) is 4.79 Å². The molecule has 29 heavy (non-hydrogen) atoms. The maximum atomic E-state index is 12.8. The predicted molar refractivity (Wildman–Crippen MR) is 117 cm³/mol. The molecule has 0 saturated carbocycles. The summed E-state index contributed by atoms with van der Waals surface area (Å²) < 4.78 is 27.0. The second-order valence-electron chi connectivity index (χ2n) is 7.42. The van der Waals surface area contributed by atoms with Crippen molar-refractivity contribution in [2.45, 2.75) is 45.1 Å². The number of carbonyl (C=O) groups excluding carboxylic acids is 1. The van der Waals surface area contributed by atoms with E-state index in [1.165, 1.54) is 9.87 Å². The summed E-state index contributed by atoms with van der Waals surface area (Å²) in [6, 6.07) is 13.3. The van der Waals surface area contributed by atoms with Crippen molar-refractivity contribution in [1.29, 1.82) is 0 Å². The molecule has 1 amide bonds. The Morgan fingerprint density at radius 3 is 2.55 bits per heavy atom. The minimum Gasteiger partial charge on any atom is -0.359 e. The van der Waals surface area contributed by atoms with E-state index in [9.17, 15) is 13.2 Å². The fourth-order valence-electron chi connectivity index (χ4n) is 3.82. The van der Waals surface area contributed by atoms with E-state index >= 15 is 0 Å². The van der Waals surface area contributed by atoms with Crippen LogP contribution in [0.3, 0.4) is 0 Å². The highest BCUT2D eigenvalue weighted by molar-refractivity contribution is 7.89. The van der Waals surface area contributed by atoms with Gasteiger partial charge >= 0.3 is 0 Å². The van der Waals surface area contributed by atoms with E-state index in [4.69, 9.17) is 0 Å². The average molecular weight is 416 g/mol. The molecule has 0 spiro atoms. The van der Waals surface area contributed by atoms with Crippen molar-refractivity contribution in [2.75, 3.05) is 29.9 Å². The number of nitrogens with one attached hydrogen (secondary N) is 1. The third-order valence-electron chi connectivity index (χ3n) is 5.49. The molecule has 0 aromatic heterocycles. The number of hydrogen-bond donors (Lipinski definition) is 1. The summed E-state index contributed by atoms with van der Waals surface area (Å²) in [5, 5.41) is 2.91. The lowest BCUT2D eigenvalue weighted by Crippen LogP contribution is -2.37. The van der Waals surface area contributed by atoms with Crippen molar-refractivity contribution in [3.8, 4) is 0 Å². The first-order chi connectivity index (χ1) is 13.8. The monoisotopic (exact) mass is 415 g/mol. The SMILES string of the molecule is CCN(CC)S(=O)(=O)c1ccc(C)c(NC(=O)CN2c3ccccc3C[C@H]2C)c1. The minimum atomic E-state index is -3.58. The van der Waals surface area contributed by atoms with Crippen molar-refractivity contribution >= 4 is 27.3 Å². The first-order valence-electron chi connectivity index (χ1n) is 10.0. The molecule has 0 fully saturated rings. The standard InChI is InChI=1S/C22H29N3O3S/c1-5-24(6-2)29(27,28)19-12-11-16(3)20(14-19)23-22(26)15-25-17(4)13-18-9-7-8-10-21(18)25/h7-12,14,17H,5-6,13,15H2,1-4H3,(H,23,26)/t17-/m1/s1. The molecule has 0 radical (unpaired) electrons. The fraction of sp³-hybridized carbons (Fsp3) is 0.409. The van der Waals surface area contributed by atoms with Crippen LogP contribution in [0.25, 0.3) is 0 Å². The van der Waals surface area contributed by atoms with Gasteiger partial charge < -0.3 is 10.2 Å². The number of aryl methyl sites for hydroxylation is 1. The molecule has 1 aliphatic heterocycles. The molecule has 6 nitrogen and oxygen atoms in total. The van der Waals surface area contributed by atoms with Crippen molar-refractivity contribution in [3.05, 3.63) is 53.6 Å². The number of para-hydroxylation sites is 1. The van der Waals surface area contributed by atoms with Gasteiger partial charge in [0.1, 0.15) is 0 Å². The number of amides is 1. The summed E-state index contributed by atoms with van der Waals surface area (Å²) >= 11 is 0. The summed E-state index contributed by atoms with van der Waals surface area (Å²) in [4.78, 5) is 15.1. The summed E-state index contributed by atoms with van der Waals surface area (Å²) in [7, 11) is -3.58.